The number of nitrogens with one attached hydrogen (secondary N) is 1. The summed E-state index contributed by atoms with van der Waals surface area (Å²) in [5, 5.41) is -0.264. The van der Waals surface area contributed by atoms with Crippen LogP contribution in [0.3, 0.4) is 0 Å². The van der Waals surface area contributed by atoms with Crippen molar-refractivity contribution in [2.24, 2.45) is 0 Å². The Labute approximate surface area is 129 Å². The van der Waals surface area contributed by atoms with Crippen LogP contribution in [0.4, 0.5) is 5.69 Å². The molecule has 0 bridgehead atoms. The number of nitrogens with zero attached hydrogens (tertiary/aromatic N) is 2. The highest BCUT2D eigenvalue weighted by Crippen LogP contribution is 2.30. The molecule has 0 radical (unpaired) electrons. The number of benzene rings is 1. The zero-order chi connectivity index (χ0) is 15.7. The smallest absolute Gasteiger partial charge is 0.322 e. The van der Waals surface area contributed by atoms with Crippen molar-refractivity contribution in [2.75, 3.05) is 4.72 Å². The van der Waals surface area contributed by atoms with E-state index in [9.17, 15) is 8.42 Å². The molecule has 0 spiro atoms. The molecular weight excluding hydrogens is 302 g/mol. The number of sulfonamides is 1. The minimum atomic E-state index is -3.28. The standard InChI is InChI=1S/C15H17N3O3S/c1-10-8-11(2)17-15(16-10)21-13-5-3-4-12(9-13)18-22(19,20)14-6-7-14/h3-5,8-9,14,18H,6-7H2,1-2H3. The number of aromatic nitrogens is 2. The van der Waals surface area contributed by atoms with E-state index in [2.05, 4.69) is 14.7 Å². The average molecular weight is 319 g/mol. The van der Waals surface area contributed by atoms with Gasteiger partial charge in [-0.05, 0) is 44.9 Å². The summed E-state index contributed by atoms with van der Waals surface area (Å²) in [5.74, 6) is 0.487. The lowest BCUT2D eigenvalue weighted by atomic mass is 10.3. The Morgan fingerprint density at radius 3 is 2.45 bits per heavy atom. The predicted molar refractivity (Wildman–Crippen MR) is 83.6 cm³/mol. The van der Waals surface area contributed by atoms with Gasteiger partial charge < -0.3 is 4.74 Å². The highest BCUT2D eigenvalue weighted by molar-refractivity contribution is 7.93. The fourth-order valence-corrected chi connectivity index (χ4v) is 3.47. The molecule has 1 fully saturated rings. The second-order valence-electron chi connectivity index (χ2n) is 5.41. The maximum absolute atomic E-state index is 11.9. The molecule has 1 saturated carbocycles. The normalized spacial score (nSPS) is 14.6. The molecular formula is C15H17N3O3S. The SMILES string of the molecule is Cc1cc(C)nc(Oc2cccc(NS(=O)(=O)C3CC3)c2)n1. The third kappa shape index (κ3) is 3.54. The van der Waals surface area contributed by atoms with Crippen molar-refractivity contribution >= 4 is 15.7 Å². The van der Waals surface area contributed by atoms with Gasteiger partial charge in [-0.25, -0.2) is 18.4 Å². The van der Waals surface area contributed by atoms with Crippen LogP contribution >= 0.6 is 0 Å². The fourth-order valence-electron chi connectivity index (χ4n) is 2.09. The summed E-state index contributed by atoms with van der Waals surface area (Å²) < 4.78 is 32.1. The van der Waals surface area contributed by atoms with Gasteiger partial charge in [-0.2, -0.15) is 0 Å². The van der Waals surface area contributed by atoms with Crippen LogP contribution < -0.4 is 9.46 Å². The minimum absolute atomic E-state index is 0.250. The van der Waals surface area contributed by atoms with E-state index in [1.807, 2.05) is 19.9 Å². The van der Waals surface area contributed by atoms with E-state index in [-0.39, 0.29) is 11.3 Å². The van der Waals surface area contributed by atoms with Crippen molar-refractivity contribution in [3.63, 3.8) is 0 Å². The van der Waals surface area contributed by atoms with Crippen LogP contribution in [0.15, 0.2) is 30.3 Å². The summed E-state index contributed by atoms with van der Waals surface area (Å²) in [6.07, 6.45) is 1.45. The summed E-state index contributed by atoms with van der Waals surface area (Å²) in [6, 6.07) is 8.88. The van der Waals surface area contributed by atoms with E-state index >= 15 is 0 Å². The summed E-state index contributed by atoms with van der Waals surface area (Å²) in [6.45, 7) is 3.73. The average Bonchev–Trinajstić information content (AvgIpc) is 3.21. The highest BCUT2D eigenvalue weighted by atomic mass is 32.2. The van der Waals surface area contributed by atoms with Crippen molar-refractivity contribution in [1.82, 2.24) is 9.97 Å². The Hall–Kier alpha value is -2.15. The van der Waals surface area contributed by atoms with E-state index in [4.69, 9.17) is 4.74 Å². The van der Waals surface area contributed by atoms with Gasteiger partial charge in [0, 0.05) is 17.5 Å². The monoisotopic (exact) mass is 319 g/mol. The molecule has 0 amide bonds. The first-order valence-corrected chi connectivity index (χ1v) is 8.59. The molecule has 1 aliphatic rings. The van der Waals surface area contributed by atoms with Gasteiger partial charge >= 0.3 is 6.01 Å². The number of rotatable bonds is 5. The first-order chi connectivity index (χ1) is 10.4. The van der Waals surface area contributed by atoms with Crippen molar-refractivity contribution < 1.29 is 13.2 Å². The Morgan fingerprint density at radius 2 is 1.82 bits per heavy atom. The molecule has 116 valence electrons. The van der Waals surface area contributed by atoms with Crippen molar-refractivity contribution in [1.29, 1.82) is 0 Å². The first-order valence-electron chi connectivity index (χ1n) is 7.04. The first kappa shape index (κ1) is 14.8. The molecule has 6 nitrogen and oxygen atoms in total. The Bertz CT molecular complexity index is 781. The summed E-state index contributed by atoms with van der Waals surface area (Å²) >= 11 is 0. The van der Waals surface area contributed by atoms with Gasteiger partial charge in [0.05, 0.1) is 10.9 Å². The van der Waals surface area contributed by atoms with Gasteiger partial charge in [-0.15, -0.1) is 0 Å². The van der Waals surface area contributed by atoms with Crippen LogP contribution in [0.25, 0.3) is 0 Å². The van der Waals surface area contributed by atoms with E-state index in [0.717, 1.165) is 24.2 Å². The third-order valence-electron chi connectivity index (χ3n) is 3.23. The van der Waals surface area contributed by atoms with Gasteiger partial charge in [-0.3, -0.25) is 4.72 Å². The van der Waals surface area contributed by atoms with Gasteiger partial charge in [0.25, 0.3) is 0 Å². The molecule has 1 aromatic heterocycles. The molecule has 2 aromatic rings. The third-order valence-corrected chi connectivity index (χ3v) is 5.10. The van der Waals surface area contributed by atoms with Crippen LogP contribution in [0.1, 0.15) is 24.2 Å². The van der Waals surface area contributed by atoms with Crippen LogP contribution in [-0.2, 0) is 10.0 Å². The lowest BCUT2D eigenvalue weighted by Crippen LogP contribution is -2.17. The highest BCUT2D eigenvalue weighted by Gasteiger charge is 2.35. The van der Waals surface area contributed by atoms with E-state index < -0.39 is 10.0 Å². The zero-order valence-corrected chi connectivity index (χ0v) is 13.2. The van der Waals surface area contributed by atoms with E-state index in [0.29, 0.717) is 11.4 Å². The van der Waals surface area contributed by atoms with Crippen LogP contribution in [0.5, 0.6) is 11.8 Å². The van der Waals surface area contributed by atoms with Gasteiger partial charge in [0.15, 0.2) is 0 Å². The molecule has 1 aliphatic carbocycles. The molecule has 1 aromatic carbocycles. The molecule has 7 heteroatoms. The number of hydrogen-bond acceptors (Lipinski definition) is 5. The van der Waals surface area contributed by atoms with Gasteiger partial charge in [0.2, 0.25) is 10.0 Å². The zero-order valence-electron chi connectivity index (χ0n) is 12.4. The fraction of sp³-hybridized carbons (Fsp3) is 0.333. The summed E-state index contributed by atoms with van der Waals surface area (Å²) in [5.41, 5.74) is 2.11. The van der Waals surface area contributed by atoms with Crippen LogP contribution in [0, 0.1) is 13.8 Å². The summed E-state index contributed by atoms with van der Waals surface area (Å²) in [7, 11) is -3.28. The second kappa shape index (κ2) is 5.57. The molecule has 22 heavy (non-hydrogen) atoms. The van der Waals surface area contributed by atoms with E-state index in [1.54, 1.807) is 24.3 Å². The van der Waals surface area contributed by atoms with Crippen molar-refractivity contribution in [2.45, 2.75) is 31.9 Å². The number of ether oxygens (including phenoxy) is 1. The maximum atomic E-state index is 11.9. The molecule has 0 saturated heterocycles. The van der Waals surface area contributed by atoms with Gasteiger partial charge in [0.1, 0.15) is 5.75 Å². The van der Waals surface area contributed by atoms with Crippen molar-refractivity contribution in [3.8, 4) is 11.8 Å². The molecule has 3 rings (SSSR count). The predicted octanol–water partition coefficient (Wildman–Crippen LogP) is 2.79. The quantitative estimate of drug-likeness (QED) is 0.916. The van der Waals surface area contributed by atoms with Gasteiger partial charge in [-0.1, -0.05) is 6.07 Å². The number of anilines is 1. The largest absolute Gasteiger partial charge is 0.424 e. The topological polar surface area (TPSA) is 81.2 Å². The Morgan fingerprint density at radius 1 is 1.14 bits per heavy atom. The van der Waals surface area contributed by atoms with Crippen LogP contribution in [0.2, 0.25) is 0 Å². The number of hydrogen-bond donors (Lipinski definition) is 1. The lowest BCUT2D eigenvalue weighted by Gasteiger charge is -2.09. The lowest BCUT2D eigenvalue weighted by molar-refractivity contribution is 0.439. The molecule has 0 atom stereocenters. The Kier molecular flexibility index (Phi) is 3.74. The minimum Gasteiger partial charge on any atom is -0.424 e. The van der Waals surface area contributed by atoms with Crippen molar-refractivity contribution in [3.05, 3.63) is 41.7 Å². The van der Waals surface area contributed by atoms with Crippen LogP contribution in [-0.4, -0.2) is 23.6 Å². The second-order valence-corrected chi connectivity index (χ2v) is 7.37. The maximum Gasteiger partial charge on any atom is 0.322 e. The molecule has 0 unspecified atom stereocenters. The molecule has 1 N–H and O–H groups in total. The summed E-state index contributed by atoms with van der Waals surface area (Å²) in [4.78, 5) is 8.40. The molecule has 0 aliphatic heterocycles. The Balaban J connectivity index is 1.79. The molecule has 1 heterocycles. The number of aryl methyl sites for hydroxylation is 2. The van der Waals surface area contributed by atoms with E-state index in [1.165, 1.54) is 0 Å².